The highest BCUT2D eigenvalue weighted by molar-refractivity contribution is 8.00. The number of amides is 2. The molecule has 1 aliphatic rings. The van der Waals surface area contributed by atoms with Gasteiger partial charge in [0.2, 0.25) is 11.8 Å². The maximum Gasteiger partial charge on any atom is 0.246 e. The number of aromatic nitrogens is 1. The molecule has 0 saturated carbocycles. The maximum absolute atomic E-state index is 11.5. The lowest BCUT2D eigenvalue weighted by molar-refractivity contribution is -0.126. The molecule has 1 aliphatic heterocycles. The van der Waals surface area contributed by atoms with Crippen LogP contribution in [0.2, 0.25) is 0 Å². The number of hydrogen-bond acceptors (Lipinski definition) is 3. The molecular weight excluding hydrogens is 250 g/mol. The summed E-state index contributed by atoms with van der Waals surface area (Å²) in [7, 11) is 0. The van der Waals surface area contributed by atoms with Crippen LogP contribution in [0.1, 0.15) is 11.7 Å². The Labute approximate surface area is 107 Å². The number of para-hydroxylation sites is 1. The molecule has 1 atom stereocenters. The molecule has 1 unspecified atom stereocenters. The number of benzene rings is 1. The van der Waals surface area contributed by atoms with E-state index in [1.165, 1.54) is 11.8 Å². The van der Waals surface area contributed by atoms with Crippen LogP contribution in [0.25, 0.3) is 10.9 Å². The van der Waals surface area contributed by atoms with E-state index in [9.17, 15) is 9.59 Å². The summed E-state index contributed by atoms with van der Waals surface area (Å²) in [5, 5.41) is 3.64. The Morgan fingerprint density at radius 2 is 2.17 bits per heavy atom. The number of thioether (sulfide) groups is 1. The van der Waals surface area contributed by atoms with E-state index in [0.29, 0.717) is 11.4 Å². The fourth-order valence-electron chi connectivity index (χ4n) is 2.12. The summed E-state index contributed by atoms with van der Waals surface area (Å²) in [6.07, 6.45) is 0. The van der Waals surface area contributed by atoms with Crippen molar-refractivity contribution in [2.45, 2.75) is 10.9 Å². The lowest BCUT2D eigenvalue weighted by atomic mass is 10.2. The van der Waals surface area contributed by atoms with Gasteiger partial charge >= 0.3 is 0 Å². The van der Waals surface area contributed by atoms with Crippen LogP contribution < -0.4 is 11.1 Å². The molecule has 0 bridgehead atoms. The number of carbonyl (C=O) groups is 2. The van der Waals surface area contributed by atoms with Crippen LogP contribution in [0.5, 0.6) is 0 Å². The van der Waals surface area contributed by atoms with Crippen LogP contribution in [0.3, 0.4) is 0 Å². The summed E-state index contributed by atoms with van der Waals surface area (Å²) in [6.45, 7) is 0. The summed E-state index contributed by atoms with van der Waals surface area (Å²) in [4.78, 5) is 27.1. The third kappa shape index (κ3) is 1.65. The first-order valence-electron chi connectivity index (χ1n) is 5.49. The van der Waals surface area contributed by atoms with Gasteiger partial charge in [-0.1, -0.05) is 18.2 Å². The molecule has 3 rings (SSSR count). The normalized spacial score (nSPS) is 19.1. The number of fused-ring (bicyclic) bond motifs is 3. The Morgan fingerprint density at radius 1 is 1.39 bits per heavy atom. The van der Waals surface area contributed by atoms with Crippen LogP contribution in [0.4, 0.5) is 0 Å². The van der Waals surface area contributed by atoms with E-state index in [0.717, 1.165) is 15.8 Å². The van der Waals surface area contributed by atoms with Crippen LogP contribution in [-0.2, 0) is 9.59 Å². The number of primary amides is 1. The summed E-state index contributed by atoms with van der Waals surface area (Å²) >= 11 is 1.42. The Kier molecular flexibility index (Phi) is 2.52. The molecule has 18 heavy (non-hydrogen) atoms. The minimum atomic E-state index is -0.783. The largest absolute Gasteiger partial charge is 0.368 e. The highest BCUT2D eigenvalue weighted by Gasteiger charge is 2.29. The second-order valence-electron chi connectivity index (χ2n) is 4.10. The molecule has 1 aromatic heterocycles. The number of carbonyl (C=O) groups excluding carboxylic acids is 2. The number of rotatable bonds is 1. The van der Waals surface area contributed by atoms with E-state index < -0.39 is 11.9 Å². The maximum atomic E-state index is 11.5. The highest BCUT2D eigenvalue weighted by Crippen LogP contribution is 2.36. The Hall–Kier alpha value is -1.95. The standard InChI is InChI=1S/C12H11N3O2S/c13-12(17)10-9-11(18-5-8(16)15-10)6-3-1-2-4-7(6)14-9/h1-4,10,14H,5H2,(H2,13,17)(H,15,16). The van der Waals surface area contributed by atoms with Gasteiger partial charge in [0.25, 0.3) is 0 Å². The number of hydrogen-bond donors (Lipinski definition) is 3. The third-order valence-electron chi connectivity index (χ3n) is 2.91. The predicted molar refractivity (Wildman–Crippen MR) is 69.1 cm³/mol. The van der Waals surface area contributed by atoms with Gasteiger partial charge in [0.05, 0.1) is 11.4 Å². The van der Waals surface area contributed by atoms with Crippen molar-refractivity contribution < 1.29 is 9.59 Å². The summed E-state index contributed by atoms with van der Waals surface area (Å²) in [5.74, 6) is -0.449. The quantitative estimate of drug-likeness (QED) is 0.713. The highest BCUT2D eigenvalue weighted by atomic mass is 32.2. The van der Waals surface area contributed by atoms with Crippen molar-refractivity contribution >= 4 is 34.5 Å². The van der Waals surface area contributed by atoms with Crippen molar-refractivity contribution in [3.8, 4) is 0 Å². The smallest absolute Gasteiger partial charge is 0.246 e. The monoisotopic (exact) mass is 261 g/mol. The second-order valence-corrected chi connectivity index (χ2v) is 5.09. The Balaban J connectivity index is 2.23. The van der Waals surface area contributed by atoms with Crippen LogP contribution in [0.15, 0.2) is 29.2 Å². The molecule has 0 fully saturated rings. The van der Waals surface area contributed by atoms with Crippen LogP contribution in [0, 0.1) is 0 Å². The molecule has 0 radical (unpaired) electrons. The lowest BCUT2D eigenvalue weighted by Gasteiger charge is -2.11. The third-order valence-corrected chi connectivity index (χ3v) is 4.05. The summed E-state index contributed by atoms with van der Waals surface area (Å²) in [5.41, 5.74) is 6.97. The molecule has 6 heteroatoms. The Bertz CT molecular complexity index is 650. The van der Waals surface area contributed by atoms with Gasteiger partial charge in [0.1, 0.15) is 6.04 Å². The van der Waals surface area contributed by atoms with Crippen molar-refractivity contribution in [1.82, 2.24) is 10.3 Å². The zero-order chi connectivity index (χ0) is 12.7. The van der Waals surface area contributed by atoms with Crippen molar-refractivity contribution in [2.24, 2.45) is 5.73 Å². The second kappa shape index (κ2) is 4.06. The molecular formula is C12H11N3O2S. The van der Waals surface area contributed by atoms with Gasteiger partial charge in [-0.15, -0.1) is 11.8 Å². The number of nitrogens with two attached hydrogens (primary N) is 1. The lowest BCUT2D eigenvalue weighted by Crippen LogP contribution is -2.37. The zero-order valence-corrected chi connectivity index (χ0v) is 10.2. The number of nitrogens with one attached hydrogen (secondary N) is 2. The minimum absolute atomic E-state index is 0.183. The van der Waals surface area contributed by atoms with E-state index in [2.05, 4.69) is 10.3 Å². The molecule has 4 N–H and O–H groups in total. The molecule has 5 nitrogen and oxygen atoms in total. The molecule has 0 saturated heterocycles. The van der Waals surface area contributed by atoms with Gasteiger partial charge in [-0.2, -0.15) is 0 Å². The average Bonchev–Trinajstić information content (AvgIpc) is 2.63. The first-order valence-corrected chi connectivity index (χ1v) is 6.47. The van der Waals surface area contributed by atoms with E-state index in [-0.39, 0.29) is 5.91 Å². The average molecular weight is 261 g/mol. The molecule has 2 amide bonds. The molecule has 2 aromatic rings. The zero-order valence-electron chi connectivity index (χ0n) is 9.40. The van der Waals surface area contributed by atoms with E-state index in [1.54, 1.807) is 0 Å². The molecule has 92 valence electrons. The molecule has 1 aromatic carbocycles. The number of aromatic amines is 1. The van der Waals surface area contributed by atoms with E-state index >= 15 is 0 Å². The van der Waals surface area contributed by atoms with Gasteiger partial charge in [-0.05, 0) is 6.07 Å². The van der Waals surface area contributed by atoms with E-state index in [1.807, 2.05) is 24.3 Å². The summed E-state index contributed by atoms with van der Waals surface area (Å²) in [6, 6.07) is 6.96. The molecule has 2 heterocycles. The van der Waals surface area contributed by atoms with Gasteiger partial charge in [0.15, 0.2) is 0 Å². The van der Waals surface area contributed by atoms with Crippen LogP contribution in [-0.4, -0.2) is 22.6 Å². The van der Waals surface area contributed by atoms with Crippen molar-refractivity contribution in [3.05, 3.63) is 30.0 Å². The van der Waals surface area contributed by atoms with Gasteiger partial charge in [-0.3, -0.25) is 9.59 Å². The number of H-pyrrole nitrogens is 1. The fourth-order valence-corrected chi connectivity index (χ4v) is 3.14. The summed E-state index contributed by atoms with van der Waals surface area (Å²) < 4.78 is 0. The molecule has 0 spiro atoms. The minimum Gasteiger partial charge on any atom is -0.368 e. The van der Waals surface area contributed by atoms with E-state index in [4.69, 9.17) is 5.73 Å². The predicted octanol–water partition coefficient (Wildman–Crippen LogP) is 0.916. The van der Waals surface area contributed by atoms with Gasteiger partial charge in [-0.25, -0.2) is 0 Å². The SMILES string of the molecule is NC(=O)C1NC(=O)CSc2c1[nH]c1ccccc21. The van der Waals surface area contributed by atoms with Crippen LogP contribution >= 0.6 is 11.8 Å². The molecule has 0 aliphatic carbocycles. The topological polar surface area (TPSA) is 88.0 Å². The first kappa shape index (κ1) is 11.2. The van der Waals surface area contributed by atoms with Gasteiger partial charge in [0, 0.05) is 15.8 Å². The van der Waals surface area contributed by atoms with Crippen molar-refractivity contribution in [2.75, 3.05) is 5.75 Å². The van der Waals surface area contributed by atoms with Crippen molar-refractivity contribution in [3.63, 3.8) is 0 Å². The fraction of sp³-hybridized carbons (Fsp3) is 0.167. The van der Waals surface area contributed by atoms with Crippen molar-refractivity contribution in [1.29, 1.82) is 0 Å². The van der Waals surface area contributed by atoms with Gasteiger partial charge < -0.3 is 16.0 Å². The first-order chi connectivity index (χ1) is 8.66. The Morgan fingerprint density at radius 3 is 2.94 bits per heavy atom.